The Morgan fingerprint density at radius 3 is 2.67 bits per heavy atom. The Kier molecular flexibility index (Phi) is 8.79. The molecule has 1 aromatic carbocycles. The van der Waals surface area contributed by atoms with Crippen LogP contribution >= 0.6 is 11.6 Å². The smallest absolute Gasteiger partial charge is 0.238 e. The van der Waals surface area contributed by atoms with Gasteiger partial charge in [0.15, 0.2) is 0 Å². The van der Waals surface area contributed by atoms with Gasteiger partial charge in [0.1, 0.15) is 0 Å². The van der Waals surface area contributed by atoms with E-state index >= 15 is 0 Å². The Hall–Kier alpha value is -2.72. The standard InChI is InChI=1S/C23H29ClN4O4S/c1-5-7-16(20(24)6-2)12-22(29)27-18-8-9-19(21(13-18)33(25,31)32)17-14-26-28(15-17)11-10-23(3,4)30/h5-9,13-15,30H,1,10-12H2,2-4H3,(H,27,29)(H2,25,31,32)/b16-7-,20-6+. The highest BCUT2D eigenvalue weighted by molar-refractivity contribution is 7.89. The molecule has 10 heteroatoms. The molecular formula is C23H29ClN4O4S. The van der Waals surface area contributed by atoms with Crippen molar-refractivity contribution < 1.29 is 18.3 Å². The average molecular weight is 493 g/mol. The fraction of sp³-hybridized carbons (Fsp3) is 0.304. The number of rotatable bonds is 10. The molecule has 4 N–H and O–H groups in total. The summed E-state index contributed by atoms with van der Waals surface area (Å²) in [6, 6.07) is 4.46. The summed E-state index contributed by atoms with van der Waals surface area (Å²) in [6.07, 6.45) is 8.49. The number of nitrogens with two attached hydrogens (primary N) is 1. The molecule has 0 unspecified atom stereocenters. The summed E-state index contributed by atoms with van der Waals surface area (Å²) in [5.41, 5.74) is 0.901. The molecule has 0 aliphatic heterocycles. The molecule has 2 rings (SSSR count). The van der Waals surface area contributed by atoms with Crippen LogP contribution in [-0.4, -0.2) is 34.8 Å². The van der Waals surface area contributed by atoms with Crippen molar-refractivity contribution in [3.05, 3.63) is 66.0 Å². The van der Waals surface area contributed by atoms with Gasteiger partial charge in [-0.2, -0.15) is 5.10 Å². The average Bonchev–Trinajstić information content (AvgIpc) is 3.19. The predicted molar refractivity (Wildman–Crippen MR) is 131 cm³/mol. The molecule has 0 saturated heterocycles. The number of sulfonamides is 1. The number of carbonyl (C=O) groups excluding carboxylic acids is 1. The summed E-state index contributed by atoms with van der Waals surface area (Å²) in [6.45, 7) is 9.23. The van der Waals surface area contributed by atoms with Gasteiger partial charge in [0, 0.05) is 34.6 Å². The number of carbonyl (C=O) groups is 1. The number of anilines is 1. The van der Waals surface area contributed by atoms with Crippen LogP contribution in [0.15, 0.2) is 70.9 Å². The fourth-order valence-corrected chi connectivity index (χ4v) is 3.93. The number of halogens is 1. The van der Waals surface area contributed by atoms with E-state index in [1.807, 2.05) is 0 Å². The van der Waals surface area contributed by atoms with Crippen molar-refractivity contribution in [1.82, 2.24) is 9.78 Å². The van der Waals surface area contributed by atoms with Crippen molar-refractivity contribution in [3.63, 3.8) is 0 Å². The molecule has 8 nitrogen and oxygen atoms in total. The van der Waals surface area contributed by atoms with E-state index < -0.39 is 15.6 Å². The predicted octanol–water partition coefficient (Wildman–Crippen LogP) is 3.94. The van der Waals surface area contributed by atoms with Gasteiger partial charge in [-0.25, -0.2) is 13.6 Å². The van der Waals surface area contributed by atoms with Gasteiger partial charge in [-0.05, 0) is 44.9 Å². The first-order valence-corrected chi connectivity index (χ1v) is 12.1. The van der Waals surface area contributed by atoms with E-state index in [-0.39, 0.29) is 22.9 Å². The normalized spacial score (nSPS) is 13.2. The number of aliphatic hydroxyl groups is 1. The second-order valence-electron chi connectivity index (χ2n) is 8.10. The molecule has 2 aromatic rings. The third-order valence-electron chi connectivity index (χ3n) is 4.70. The Morgan fingerprint density at radius 2 is 2.09 bits per heavy atom. The van der Waals surface area contributed by atoms with Gasteiger partial charge in [0.05, 0.1) is 23.1 Å². The highest BCUT2D eigenvalue weighted by atomic mass is 35.5. The molecule has 0 saturated carbocycles. The van der Waals surface area contributed by atoms with E-state index in [0.29, 0.717) is 34.7 Å². The van der Waals surface area contributed by atoms with Gasteiger partial charge in [-0.3, -0.25) is 9.48 Å². The SMILES string of the molecule is C=C/C=C(CC(=O)Nc1ccc(-c2cnn(CCC(C)(C)O)c2)c(S(N)(=O)=O)c1)\C(Cl)=C/C. The lowest BCUT2D eigenvalue weighted by atomic mass is 10.1. The number of nitrogens with one attached hydrogen (secondary N) is 1. The second kappa shape index (κ2) is 10.9. The Balaban J connectivity index is 2.30. The maximum Gasteiger partial charge on any atom is 0.238 e. The lowest BCUT2D eigenvalue weighted by molar-refractivity contribution is -0.115. The van der Waals surface area contributed by atoms with Crippen molar-refractivity contribution in [3.8, 4) is 11.1 Å². The van der Waals surface area contributed by atoms with Gasteiger partial charge in [0.25, 0.3) is 0 Å². The Bertz CT molecular complexity index is 1190. The van der Waals surface area contributed by atoms with Crippen molar-refractivity contribution in [2.75, 3.05) is 5.32 Å². The second-order valence-corrected chi connectivity index (χ2v) is 10.0. The zero-order valence-corrected chi connectivity index (χ0v) is 20.4. The number of aromatic nitrogens is 2. The molecule has 0 atom stereocenters. The van der Waals surface area contributed by atoms with Crippen LogP contribution in [0.5, 0.6) is 0 Å². The molecule has 1 amide bonds. The molecule has 0 radical (unpaired) electrons. The number of hydrogen-bond donors (Lipinski definition) is 3. The zero-order valence-electron chi connectivity index (χ0n) is 18.9. The topological polar surface area (TPSA) is 127 Å². The van der Waals surface area contributed by atoms with Crippen molar-refractivity contribution in [1.29, 1.82) is 0 Å². The van der Waals surface area contributed by atoms with Gasteiger partial charge in [-0.15, -0.1) is 0 Å². The van der Waals surface area contributed by atoms with Crippen LogP contribution in [-0.2, 0) is 21.4 Å². The third kappa shape index (κ3) is 7.97. The summed E-state index contributed by atoms with van der Waals surface area (Å²) in [5, 5.41) is 22.7. The van der Waals surface area contributed by atoms with Gasteiger partial charge < -0.3 is 10.4 Å². The minimum absolute atomic E-state index is 0.0182. The maximum atomic E-state index is 12.5. The first-order valence-electron chi connectivity index (χ1n) is 10.2. The molecule has 0 fully saturated rings. The molecule has 33 heavy (non-hydrogen) atoms. The third-order valence-corrected chi connectivity index (χ3v) is 6.11. The summed E-state index contributed by atoms with van der Waals surface area (Å²) in [5.74, 6) is -0.379. The van der Waals surface area contributed by atoms with Gasteiger partial charge in [0.2, 0.25) is 15.9 Å². The number of benzene rings is 1. The molecule has 178 valence electrons. The van der Waals surface area contributed by atoms with Crippen LogP contribution in [0.3, 0.4) is 0 Å². The van der Waals surface area contributed by atoms with E-state index in [9.17, 15) is 18.3 Å². The van der Waals surface area contributed by atoms with Crippen LogP contribution in [0.4, 0.5) is 5.69 Å². The number of primary sulfonamides is 1. The van der Waals surface area contributed by atoms with Crippen molar-refractivity contribution >= 4 is 33.2 Å². The highest BCUT2D eigenvalue weighted by Gasteiger charge is 2.19. The molecule has 0 spiro atoms. The van der Waals surface area contributed by atoms with Crippen molar-refractivity contribution in [2.24, 2.45) is 5.14 Å². The molecule has 0 aliphatic rings. The van der Waals surface area contributed by atoms with E-state index in [4.69, 9.17) is 16.7 Å². The Morgan fingerprint density at radius 1 is 1.39 bits per heavy atom. The van der Waals surface area contributed by atoms with Gasteiger partial charge in [-0.1, -0.05) is 42.5 Å². The number of hydrogen-bond acceptors (Lipinski definition) is 5. The lowest BCUT2D eigenvalue weighted by Crippen LogP contribution is -2.21. The van der Waals surface area contributed by atoms with E-state index in [2.05, 4.69) is 17.0 Å². The van der Waals surface area contributed by atoms with Crippen LogP contribution < -0.4 is 10.5 Å². The van der Waals surface area contributed by atoms with Crippen LogP contribution in [0, 0.1) is 0 Å². The summed E-state index contributed by atoms with van der Waals surface area (Å²) < 4.78 is 26.2. The first-order chi connectivity index (χ1) is 15.3. The van der Waals surface area contributed by atoms with Gasteiger partial charge >= 0.3 is 0 Å². The highest BCUT2D eigenvalue weighted by Crippen LogP contribution is 2.30. The van der Waals surface area contributed by atoms with E-state index in [1.54, 1.807) is 55.9 Å². The number of nitrogens with zero attached hydrogens (tertiary/aromatic N) is 2. The number of allylic oxidation sites excluding steroid dienone is 4. The lowest BCUT2D eigenvalue weighted by Gasteiger charge is -2.16. The summed E-state index contributed by atoms with van der Waals surface area (Å²) in [4.78, 5) is 12.4. The molecular weight excluding hydrogens is 464 g/mol. The van der Waals surface area contributed by atoms with Crippen molar-refractivity contribution in [2.45, 2.75) is 50.7 Å². The fourth-order valence-electron chi connectivity index (χ4n) is 3.02. The van der Waals surface area contributed by atoms with Crippen LogP contribution in [0.1, 0.15) is 33.6 Å². The summed E-state index contributed by atoms with van der Waals surface area (Å²) >= 11 is 6.13. The van der Waals surface area contributed by atoms with Crippen LogP contribution in [0.25, 0.3) is 11.1 Å². The first kappa shape index (κ1) is 26.5. The minimum atomic E-state index is -4.10. The molecule has 0 bridgehead atoms. The summed E-state index contributed by atoms with van der Waals surface area (Å²) in [7, 11) is -4.10. The number of amides is 1. The molecule has 1 heterocycles. The zero-order chi connectivity index (χ0) is 24.8. The minimum Gasteiger partial charge on any atom is -0.390 e. The quantitative estimate of drug-likeness (QED) is 0.433. The monoisotopic (exact) mass is 492 g/mol. The maximum absolute atomic E-state index is 12.5. The molecule has 0 aliphatic carbocycles. The Labute approximate surface area is 199 Å². The van der Waals surface area contributed by atoms with Crippen LogP contribution in [0.2, 0.25) is 0 Å². The number of aryl methyl sites for hydroxylation is 1. The van der Waals surface area contributed by atoms with E-state index in [0.717, 1.165) is 0 Å². The van der Waals surface area contributed by atoms with E-state index in [1.165, 1.54) is 18.3 Å². The largest absolute Gasteiger partial charge is 0.390 e. The molecule has 1 aromatic heterocycles.